The molecule has 0 saturated heterocycles. The van der Waals surface area contributed by atoms with Crippen molar-refractivity contribution >= 4 is 68.8 Å². The molecule has 0 spiro atoms. The molecule has 0 fully saturated rings. The minimum atomic E-state index is -0.397. The molecule has 8 heteroatoms. The first-order valence-corrected chi connectivity index (χ1v) is 11.0. The lowest BCUT2D eigenvalue weighted by atomic mass is 10.1. The van der Waals surface area contributed by atoms with Crippen LogP contribution in [-0.2, 0) is 0 Å². The summed E-state index contributed by atoms with van der Waals surface area (Å²) < 4.78 is 0. The van der Waals surface area contributed by atoms with Gasteiger partial charge in [-0.1, -0.05) is 29.3 Å². The Kier molecular flexibility index (Phi) is 5.64. The highest BCUT2D eigenvalue weighted by Gasteiger charge is 2.25. The number of thioether (sulfide) groups is 1. The summed E-state index contributed by atoms with van der Waals surface area (Å²) in [5, 5.41) is 6.32. The van der Waals surface area contributed by atoms with Crippen molar-refractivity contribution in [1.29, 1.82) is 0 Å². The second-order valence-corrected chi connectivity index (χ2v) is 8.87. The largest absolute Gasteiger partial charge is 0.322 e. The molecule has 0 aliphatic carbocycles. The zero-order valence-electron chi connectivity index (χ0n) is 14.4. The van der Waals surface area contributed by atoms with Gasteiger partial charge in [0.1, 0.15) is 5.00 Å². The van der Waals surface area contributed by atoms with E-state index in [4.69, 9.17) is 23.2 Å². The highest BCUT2D eigenvalue weighted by atomic mass is 35.5. The number of halogens is 2. The van der Waals surface area contributed by atoms with Crippen LogP contribution >= 0.6 is 46.3 Å². The fourth-order valence-corrected chi connectivity index (χ4v) is 5.59. The van der Waals surface area contributed by atoms with Crippen LogP contribution in [0.1, 0.15) is 20.7 Å². The Morgan fingerprint density at radius 2 is 1.71 bits per heavy atom. The first-order chi connectivity index (χ1) is 13.5. The molecule has 2 aromatic carbocycles. The van der Waals surface area contributed by atoms with Crippen molar-refractivity contribution in [1.82, 2.24) is 0 Å². The third kappa shape index (κ3) is 3.78. The van der Waals surface area contributed by atoms with Gasteiger partial charge in [0, 0.05) is 28.4 Å². The summed E-state index contributed by atoms with van der Waals surface area (Å²) in [7, 11) is 0. The van der Waals surface area contributed by atoms with Crippen LogP contribution in [0.4, 0.5) is 10.7 Å². The van der Waals surface area contributed by atoms with Gasteiger partial charge in [-0.15, -0.1) is 23.1 Å². The lowest BCUT2D eigenvalue weighted by Crippen LogP contribution is -2.34. The average Bonchev–Trinajstić information content (AvgIpc) is 3.17. The number of thiophene rings is 1. The number of carbonyl (C=O) groups excluding carboxylic acids is 2. The maximum atomic E-state index is 12.9. The Hall–Kier alpha value is -1.99. The van der Waals surface area contributed by atoms with Gasteiger partial charge in [-0.2, -0.15) is 0 Å². The second-order valence-electron chi connectivity index (χ2n) is 6.02. The van der Waals surface area contributed by atoms with Crippen molar-refractivity contribution < 1.29 is 9.59 Å². The van der Waals surface area contributed by atoms with E-state index in [1.807, 2.05) is 16.3 Å². The molecule has 0 radical (unpaired) electrons. The molecule has 2 amide bonds. The van der Waals surface area contributed by atoms with Crippen LogP contribution in [0.15, 0.2) is 58.8 Å². The van der Waals surface area contributed by atoms with Gasteiger partial charge in [0.2, 0.25) is 0 Å². The molecule has 3 aromatic rings. The SMILES string of the molecule is O=C(Nc1ccc(C(=O)N2CCSc3ccsc32)cc1)c1c(Cl)cccc1Cl. The van der Waals surface area contributed by atoms with Crippen molar-refractivity contribution in [3.63, 3.8) is 0 Å². The quantitative estimate of drug-likeness (QED) is 0.529. The molecular weight excluding hydrogens is 435 g/mol. The van der Waals surface area contributed by atoms with Crippen LogP contribution in [0.3, 0.4) is 0 Å². The van der Waals surface area contributed by atoms with E-state index < -0.39 is 5.91 Å². The number of amides is 2. The van der Waals surface area contributed by atoms with Gasteiger partial charge in [0.25, 0.3) is 11.8 Å². The lowest BCUT2D eigenvalue weighted by molar-refractivity contribution is 0.0987. The van der Waals surface area contributed by atoms with Crippen molar-refractivity contribution in [2.24, 2.45) is 0 Å². The van der Waals surface area contributed by atoms with Crippen LogP contribution in [0, 0.1) is 0 Å². The molecule has 0 unspecified atom stereocenters. The van der Waals surface area contributed by atoms with E-state index in [0.717, 1.165) is 15.6 Å². The van der Waals surface area contributed by atoms with Crippen molar-refractivity contribution in [3.05, 3.63) is 75.1 Å². The Morgan fingerprint density at radius 3 is 2.43 bits per heavy atom. The molecule has 0 bridgehead atoms. The highest BCUT2D eigenvalue weighted by molar-refractivity contribution is 7.99. The molecule has 4 nitrogen and oxygen atoms in total. The average molecular weight is 449 g/mol. The topological polar surface area (TPSA) is 49.4 Å². The van der Waals surface area contributed by atoms with Crippen molar-refractivity contribution in [2.45, 2.75) is 4.90 Å². The van der Waals surface area contributed by atoms with E-state index in [2.05, 4.69) is 5.32 Å². The highest BCUT2D eigenvalue weighted by Crippen LogP contribution is 2.39. The van der Waals surface area contributed by atoms with Crippen molar-refractivity contribution in [2.75, 3.05) is 22.5 Å². The number of carbonyl (C=O) groups is 2. The summed E-state index contributed by atoms with van der Waals surface area (Å²) in [5.41, 5.74) is 1.35. The number of benzene rings is 2. The monoisotopic (exact) mass is 448 g/mol. The van der Waals surface area contributed by atoms with E-state index in [1.165, 1.54) is 0 Å². The molecule has 1 aliphatic rings. The summed E-state index contributed by atoms with van der Waals surface area (Å²) in [6, 6.07) is 13.8. The zero-order chi connectivity index (χ0) is 19.7. The van der Waals surface area contributed by atoms with Gasteiger partial charge in [0.15, 0.2) is 0 Å². The molecule has 142 valence electrons. The van der Waals surface area contributed by atoms with Crippen LogP contribution in [0.25, 0.3) is 0 Å². The Labute approximate surface area is 180 Å². The van der Waals surface area contributed by atoms with Gasteiger partial charge >= 0.3 is 0 Å². The summed E-state index contributed by atoms with van der Waals surface area (Å²) in [5.74, 6) is 0.435. The standard InChI is InChI=1S/C20H14Cl2N2O2S2/c21-14-2-1-3-15(22)17(14)18(25)23-13-6-4-12(5-7-13)19(26)24-9-11-27-16-8-10-28-20(16)24/h1-8,10H,9,11H2,(H,23,25). The molecule has 28 heavy (non-hydrogen) atoms. The van der Waals surface area contributed by atoms with Crippen LogP contribution in [-0.4, -0.2) is 24.1 Å². The smallest absolute Gasteiger partial charge is 0.258 e. The normalized spacial score (nSPS) is 13.1. The lowest BCUT2D eigenvalue weighted by Gasteiger charge is -2.26. The first-order valence-electron chi connectivity index (χ1n) is 8.42. The molecule has 1 aromatic heterocycles. The third-order valence-electron chi connectivity index (χ3n) is 4.25. The van der Waals surface area contributed by atoms with Crippen molar-refractivity contribution in [3.8, 4) is 0 Å². The Bertz CT molecular complexity index is 1030. The fraction of sp³-hybridized carbons (Fsp3) is 0.100. The summed E-state index contributed by atoms with van der Waals surface area (Å²) in [6.45, 7) is 0.681. The second kappa shape index (κ2) is 8.17. The predicted octanol–water partition coefficient (Wildman–Crippen LogP) is 6.06. The van der Waals surface area contributed by atoms with E-state index in [-0.39, 0.29) is 21.5 Å². The Morgan fingerprint density at radius 1 is 1.00 bits per heavy atom. The minimum absolute atomic E-state index is 0.0453. The van der Waals surface area contributed by atoms with Gasteiger partial charge < -0.3 is 5.32 Å². The number of fused-ring (bicyclic) bond motifs is 1. The molecule has 1 aliphatic heterocycles. The van der Waals surface area contributed by atoms with Gasteiger partial charge in [-0.05, 0) is 47.8 Å². The maximum absolute atomic E-state index is 12.9. The number of anilines is 2. The van der Waals surface area contributed by atoms with E-state index in [1.54, 1.807) is 65.6 Å². The molecular formula is C20H14Cl2N2O2S2. The zero-order valence-corrected chi connectivity index (χ0v) is 17.6. The van der Waals surface area contributed by atoms with Gasteiger partial charge in [-0.3, -0.25) is 14.5 Å². The molecule has 0 saturated carbocycles. The summed E-state index contributed by atoms with van der Waals surface area (Å²) in [4.78, 5) is 28.3. The van der Waals surface area contributed by atoms with Crippen LogP contribution in [0.2, 0.25) is 10.0 Å². The molecule has 2 heterocycles. The van der Waals surface area contributed by atoms with E-state index in [9.17, 15) is 9.59 Å². The van der Waals surface area contributed by atoms with Crippen LogP contribution < -0.4 is 10.2 Å². The number of nitrogens with zero attached hydrogens (tertiary/aromatic N) is 1. The number of hydrogen-bond donors (Lipinski definition) is 1. The fourth-order valence-electron chi connectivity index (χ4n) is 2.90. The maximum Gasteiger partial charge on any atom is 0.258 e. The van der Waals surface area contributed by atoms with Gasteiger partial charge in [0.05, 0.1) is 15.6 Å². The molecule has 0 atom stereocenters. The molecule has 4 rings (SSSR count). The summed E-state index contributed by atoms with van der Waals surface area (Å²) in [6.07, 6.45) is 0. The number of hydrogen-bond acceptors (Lipinski definition) is 4. The predicted molar refractivity (Wildman–Crippen MR) is 118 cm³/mol. The Balaban J connectivity index is 1.50. The third-order valence-corrected chi connectivity index (χ3v) is 6.97. The first kappa shape index (κ1) is 19.3. The number of nitrogens with one attached hydrogen (secondary N) is 1. The minimum Gasteiger partial charge on any atom is -0.322 e. The van der Waals surface area contributed by atoms with Gasteiger partial charge in [-0.25, -0.2) is 0 Å². The molecule has 1 N–H and O–H groups in total. The number of rotatable bonds is 3. The summed E-state index contributed by atoms with van der Waals surface area (Å²) >= 11 is 15.5. The van der Waals surface area contributed by atoms with E-state index in [0.29, 0.717) is 17.8 Å². The van der Waals surface area contributed by atoms with Crippen LogP contribution in [0.5, 0.6) is 0 Å². The van der Waals surface area contributed by atoms with E-state index >= 15 is 0 Å².